The molecule has 2 N–H and O–H groups in total. The zero-order chi connectivity index (χ0) is 10.7. The van der Waals surface area contributed by atoms with Gasteiger partial charge in [0.25, 0.3) is 0 Å². The number of hydrogen-bond acceptors (Lipinski definition) is 2. The van der Waals surface area contributed by atoms with Crippen LogP contribution in [0.5, 0.6) is 5.75 Å². The van der Waals surface area contributed by atoms with Gasteiger partial charge in [0.05, 0.1) is 7.11 Å². The average Bonchev–Trinajstić information content (AvgIpc) is 2.08. The van der Waals surface area contributed by atoms with E-state index in [9.17, 15) is 8.78 Å². The Morgan fingerprint density at radius 3 is 2.57 bits per heavy atom. The lowest BCUT2D eigenvalue weighted by atomic mass is 10.1. The van der Waals surface area contributed by atoms with E-state index in [1.807, 2.05) is 0 Å². The van der Waals surface area contributed by atoms with E-state index in [0.29, 0.717) is 12.0 Å². The van der Waals surface area contributed by atoms with E-state index in [2.05, 4.69) is 0 Å². The summed E-state index contributed by atoms with van der Waals surface area (Å²) in [4.78, 5) is 0. The van der Waals surface area contributed by atoms with Crippen LogP contribution in [0, 0.1) is 11.6 Å². The number of benzene rings is 1. The summed E-state index contributed by atoms with van der Waals surface area (Å²) >= 11 is 0. The van der Waals surface area contributed by atoms with Crippen molar-refractivity contribution in [2.24, 2.45) is 5.73 Å². The third-order valence-corrected chi connectivity index (χ3v) is 1.87. The minimum Gasteiger partial charge on any atom is -0.496 e. The van der Waals surface area contributed by atoms with Gasteiger partial charge >= 0.3 is 0 Å². The van der Waals surface area contributed by atoms with Crippen LogP contribution in [0.15, 0.2) is 12.1 Å². The molecule has 0 aliphatic heterocycles. The Morgan fingerprint density at radius 2 is 2.07 bits per heavy atom. The van der Waals surface area contributed by atoms with E-state index < -0.39 is 11.6 Å². The summed E-state index contributed by atoms with van der Waals surface area (Å²) in [6.45, 7) is 1.75. The predicted octanol–water partition coefficient (Wildman–Crippen LogP) is 1.86. The summed E-state index contributed by atoms with van der Waals surface area (Å²) in [6, 6.07) is 1.80. The maximum absolute atomic E-state index is 13.3. The lowest BCUT2D eigenvalue weighted by molar-refractivity contribution is 0.398. The Kier molecular flexibility index (Phi) is 3.41. The molecule has 0 bridgehead atoms. The largest absolute Gasteiger partial charge is 0.496 e. The molecule has 0 radical (unpaired) electrons. The van der Waals surface area contributed by atoms with Gasteiger partial charge in [0.1, 0.15) is 17.4 Å². The SMILES string of the molecule is COc1cc(F)cc(F)c1C[C@@H](C)N. The number of hydrogen-bond donors (Lipinski definition) is 1. The van der Waals surface area contributed by atoms with Gasteiger partial charge in [0.2, 0.25) is 0 Å². The Balaban J connectivity index is 3.11. The topological polar surface area (TPSA) is 35.2 Å². The monoisotopic (exact) mass is 201 g/mol. The van der Waals surface area contributed by atoms with Crippen LogP contribution in [-0.2, 0) is 6.42 Å². The first-order valence-corrected chi connectivity index (χ1v) is 4.32. The van der Waals surface area contributed by atoms with E-state index in [0.717, 1.165) is 12.1 Å². The minimum absolute atomic E-state index is 0.191. The molecule has 0 saturated carbocycles. The summed E-state index contributed by atoms with van der Waals surface area (Å²) in [5, 5.41) is 0. The van der Waals surface area contributed by atoms with Gasteiger partial charge in [-0.15, -0.1) is 0 Å². The van der Waals surface area contributed by atoms with E-state index in [1.165, 1.54) is 7.11 Å². The summed E-state index contributed by atoms with van der Waals surface area (Å²) in [6.07, 6.45) is 0.329. The van der Waals surface area contributed by atoms with Crippen molar-refractivity contribution in [3.63, 3.8) is 0 Å². The zero-order valence-corrected chi connectivity index (χ0v) is 8.18. The molecule has 0 spiro atoms. The van der Waals surface area contributed by atoms with Gasteiger partial charge in [0.15, 0.2) is 0 Å². The Morgan fingerprint density at radius 1 is 1.43 bits per heavy atom. The number of methoxy groups -OCH3 is 1. The number of rotatable bonds is 3. The van der Waals surface area contributed by atoms with Gasteiger partial charge in [-0.05, 0) is 13.3 Å². The Hall–Kier alpha value is -1.16. The third kappa shape index (κ3) is 2.42. The van der Waals surface area contributed by atoms with Crippen LogP contribution in [0.4, 0.5) is 8.78 Å². The fourth-order valence-corrected chi connectivity index (χ4v) is 1.28. The average molecular weight is 201 g/mol. The molecule has 0 saturated heterocycles. The number of ether oxygens (including phenoxy) is 1. The minimum atomic E-state index is -0.646. The molecule has 0 unspecified atom stereocenters. The highest BCUT2D eigenvalue weighted by molar-refractivity contribution is 5.35. The van der Waals surface area contributed by atoms with Crippen LogP contribution in [0.2, 0.25) is 0 Å². The molecular weight excluding hydrogens is 188 g/mol. The van der Waals surface area contributed by atoms with Crippen molar-refractivity contribution >= 4 is 0 Å². The maximum atomic E-state index is 13.3. The van der Waals surface area contributed by atoms with Crippen LogP contribution in [0.25, 0.3) is 0 Å². The molecule has 78 valence electrons. The fraction of sp³-hybridized carbons (Fsp3) is 0.400. The summed E-state index contributed by atoms with van der Waals surface area (Å²) in [7, 11) is 1.37. The van der Waals surface area contributed by atoms with Gasteiger partial charge in [-0.25, -0.2) is 8.78 Å². The van der Waals surface area contributed by atoms with Gasteiger partial charge < -0.3 is 10.5 Å². The Labute approximate surface area is 81.7 Å². The molecule has 4 heteroatoms. The molecule has 0 aliphatic rings. The highest BCUT2D eigenvalue weighted by atomic mass is 19.1. The standard InChI is InChI=1S/C10H13F2NO/c1-6(13)3-8-9(12)4-7(11)5-10(8)14-2/h4-6H,3,13H2,1-2H3/t6-/m1/s1. The van der Waals surface area contributed by atoms with E-state index in [-0.39, 0.29) is 11.8 Å². The van der Waals surface area contributed by atoms with Crippen molar-refractivity contribution in [2.75, 3.05) is 7.11 Å². The van der Waals surface area contributed by atoms with E-state index >= 15 is 0 Å². The second kappa shape index (κ2) is 4.37. The van der Waals surface area contributed by atoms with Crippen LogP contribution in [0.3, 0.4) is 0 Å². The normalized spacial score (nSPS) is 12.6. The predicted molar refractivity (Wildman–Crippen MR) is 50.3 cm³/mol. The van der Waals surface area contributed by atoms with Crippen molar-refractivity contribution in [3.8, 4) is 5.75 Å². The van der Waals surface area contributed by atoms with Crippen LogP contribution < -0.4 is 10.5 Å². The van der Waals surface area contributed by atoms with Gasteiger partial charge in [0, 0.05) is 23.7 Å². The molecule has 0 fully saturated rings. The molecule has 1 aromatic rings. The second-order valence-corrected chi connectivity index (χ2v) is 3.25. The van der Waals surface area contributed by atoms with E-state index in [4.69, 9.17) is 10.5 Å². The molecular formula is C10H13F2NO. The summed E-state index contributed by atoms with van der Waals surface area (Å²) < 4.78 is 30.9. The fourth-order valence-electron chi connectivity index (χ4n) is 1.28. The second-order valence-electron chi connectivity index (χ2n) is 3.25. The molecule has 0 aromatic heterocycles. The quantitative estimate of drug-likeness (QED) is 0.810. The third-order valence-electron chi connectivity index (χ3n) is 1.87. The lowest BCUT2D eigenvalue weighted by Gasteiger charge is -2.11. The van der Waals surface area contributed by atoms with Gasteiger partial charge in [-0.3, -0.25) is 0 Å². The highest BCUT2D eigenvalue weighted by Crippen LogP contribution is 2.24. The van der Waals surface area contributed by atoms with Crippen molar-refractivity contribution in [1.82, 2.24) is 0 Å². The molecule has 0 aliphatic carbocycles. The molecule has 0 amide bonds. The molecule has 1 rings (SSSR count). The molecule has 14 heavy (non-hydrogen) atoms. The molecule has 0 heterocycles. The number of halogens is 2. The van der Waals surface area contributed by atoms with Crippen molar-refractivity contribution in [3.05, 3.63) is 29.3 Å². The van der Waals surface area contributed by atoms with Crippen LogP contribution in [-0.4, -0.2) is 13.2 Å². The maximum Gasteiger partial charge on any atom is 0.133 e. The first-order chi connectivity index (χ1) is 6.54. The first-order valence-electron chi connectivity index (χ1n) is 4.32. The summed E-state index contributed by atoms with van der Waals surface area (Å²) in [5.41, 5.74) is 5.86. The van der Waals surface area contributed by atoms with Crippen LogP contribution >= 0.6 is 0 Å². The van der Waals surface area contributed by atoms with Crippen molar-refractivity contribution < 1.29 is 13.5 Å². The van der Waals surface area contributed by atoms with Crippen LogP contribution in [0.1, 0.15) is 12.5 Å². The Bertz CT molecular complexity index is 326. The molecule has 1 atom stereocenters. The molecule has 2 nitrogen and oxygen atoms in total. The highest BCUT2D eigenvalue weighted by Gasteiger charge is 2.13. The van der Waals surface area contributed by atoms with E-state index in [1.54, 1.807) is 6.92 Å². The first kappa shape index (κ1) is 10.9. The van der Waals surface area contributed by atoms with Gasteiger partial charge in [-0.1, -0.05) is 0 Å². The zero-order valence-electron chi connectivity index (χ0n) is 8.18. The smallest absolute Gasteiger partial charge is 0.133 e. The summed E-state index contributed by atoms with van der Waals surface area (Å²) in [5.74, 6) is -1.05. The van der Waals surface area contributed by atoms with Crippen molar-refractivity contribution in [1.29, 1.82) is 0 Å². The molecule has 1 aromatic carbocycles. The van der Waals surface area contributed by atoms with Gasteiger partial charge in [-0.2, -0.15) is 0 Å². The lowest BCUT2D eigenvalue weighted by Crippen LogP contribution is -2.19. The number of nitrogens with two attached hydrogens (primary N) is 1. The van der Waals surface area contributed by atoms with Crippen molar-refractivity contribution in [2.45, 2.75) is 19.4 Å².